The number of anilines is 3. The first kappa shape index (κ1) is 11.8. The number of hydrogen-bond donors (Lipinski definition) is 1. The first-order valence-electron chi connectivity index (χ1n) is 5.48. The van der Waals surface area contributed by atoms with E-state index in [1.165, 1.54) is 0 Å². The van der Waals surface area contributed by atoms with Gasteiger partial charge in [-0.1, -0.05) is 23.7 Å². The Balaban J connectivity index is 2.30. The lowest BCUT2D eigenvalue weighted by molar-refractivity contribution is 1.21. The normalized spacial score (nSPS) is 10.1. The molecule has 0 aliphatic rings. The zero-order chi connectivity index (χ0) is 12.3. The fraction of sp³-hybridized carbons (Fsp3) is 0.143. The molecule has 0 amide bonds. The lowest BCUT2D eigenvalue weighted by atomic mass is 10.2. The van der Waals surface area contributed by atoms with Crippen LogP contribution >= 0.6 is 11.6 Å². The van der Waals surface area contributed by atoms with Gasteiger partial charge in [0, 0.05) is 25.5 Å². The van der Waals surface area contributed by atoms with Crippen molar-refractivity contribution < 1.29 is 0 Å². The van der Waals surface area contributed by atoms with Crippen LogP contribution in [-0.4, -0.2) is 14.1 Å². The van der Waals surface area contributed by atoms with Crippen molar-refractivity contribution in [2.45, 2.75) is 0 Å². The molecule has 1 N–H and O–H groups in total. The Morgan fingerprint density at radius 3 is 2.24 bits per heavy atom. The molecule has 2 rings (SSSR count). The third-order valence-corrected chi connectivity index (χ3v) is 3.08. The van der Waals surface area contributed by atoms with Crippen LogP contribution in [-0.2, 0) is 0 Å². The molecule has 0 saturated heterocycles. The average molecular weight is 247 g/mol. The number of benzene rings is 2. The van der Waals surface area contributed by atoms with Crippen LogP contribution in [0.2, 0.25) is 5.02 Å². The van der Waals surface area contributed by atoms with Crippen LogP contribution in [0.25, 0.3) is 0 Å². The van der Waals surface area contributed by atoms with Crippen molar-refractivity contribution in [3.05, 3.63) is 53.6 Å². The number of halogens is 1. The topological polar surface area (TPSA) is 15.3 Å². The lowest BCUT2D eigenvalue weighted by Crippen LogP contribution is -2.09. The van der Waals surface area contributed by atoms with Crippen LogP contribution in [0.4, 0.5) is 17.1 Å². The Morgan fingerprint density at radius 2 is 1.65 bits per heavy atom. The maximum atomic E-state index is 6.17. The molecule has 3 heteroatoms. The van der Waals surface area contributed by atoms with Crippen LogP contribution in [0.3, 0.4) is 0 Å². The highest BCUT2D eigenvalue weighted by Gasteiger charge is 2.06. The first-order valence-corrected chi connectivity index (χ1v) is 5.86. The second kappa shape index (κ2) is 5.11. The van der Waals surface area contributed by atoms with Crippen molar-refractivity contribution in [2.75, 3.05) is 24.3 Å². The summed E-state index contributed by atoms with van der Waals surface area (Å²) in [6.45, 7) is 0. The minimum Gasteiger partial charge on any atom is -0.388 e. The highest BCUT2D eigenvalue weighted by atomic mass is 35.5. The summed E-state index contributed by atoms with van der Waals surface area (Å²) in [6.07, 6.45) is 0. The first-order chi connectivity index (χ1) is 8.22. The molecule has 0 radical (unpaired) electrons. The third-order valence-electron chi connectivity index (χ3n) is 2.76. The number of para-hydroxylation sites is 1. The van der Waals surface area contributed by atoms with Crippen molar-refractivity contribution in [1.82, 2.24) is 0 Å². The quantitative estimate of drug-likeness (QED) is 0.875. The van der Waals surface area contributed by atoms with Gasteiger partial charge < -0.3 is 10.2 Å². The SMILES string of the molecule is CNc1ccc(N(C)c2ccccc2Cl)cc1. The third kappa shape index (κ3) is 2.53. The van der Waals surface area contributed by atoms with Gasteiger partial charge in [0.05, 0.1) is 10.7 Å². The summed E-state index contributed by atoms with van der Waals surface area (Å²) >= 11 is 6.17. The Labute approximate surface area is 107 Å². The van der Waals surface area contributed by atoms with Gasteiger partial charge in [-0.05, 0) is 36.4 Å². The molecule has 2 aromatic carbocycles. The second-order valence-electron chi connectivity index (χ2n) is 3.81. The number of nitrogens with one attached hydrogen (secondary N) is 1. The summed E-state index contributed by atoms with van der Waals surface area (Å²) in [5, 5.41) is 3.86. The zero-order valence-electron chi connectivity index (χ0n) is 9.94. The van der Waals surface area contributed by atoms with E-state index in [1.807, 2.05) is 50.5 Å². The molecule has 0 saturated carbocycles. The van der Waals surface area contributed by atoms with E-state index in [0.717, 1.165) is 22.1 Å². The summed E-state index contributed by atoms with van der Waals surface area (Å²) in [4.78, 5) is 2.07. The van der Waals surface area contributed by atoms with E-state index in [1.54, 1.807) is 0 Å². The fourth-order valence-corrected chi connectivity index (χ4v) is 1.98. The summed E-state index contributed by atoms with van der Waals surface area (Å²) in [7, 11) is 3.92. The highest BCUT2D eigenvalue weighted by Crippen LogP contribution is 2.30. The van der Waals surface area contributed by atoms with Crippen LogP contribution in [0.15, 0.2) is 48.5 Å². The maximum absolute atomic E-state index is 6.17. The Kier molecular flexibility index (Phi) is 3.55. The average Bonchev–Trinajstić information content (AvgIpc) is 2.39. The van der Waals surface area contributed by atoms with Gasteiger partial charge in [-0.15, -0.1) is 0 Å². The molecule has 0 bridgehead atoms. The second-order valence-corrected chi connectivity index (χ2v) is 4.21. The molecule has 0 unspecified atom stereocenters. The zero-order valence-corrected chi connectivity index (χ0v) is 10.7. The Bertz CT molecular complexity index is 494. The van der Waals surface area contributed by atoms with Crippen molar-refractivity contribution in [3.63, 3.8) is 0 Å². The predicted molar refractivity (Wildman–Crippen MR) is 75.5 cm³/mol. The number of hydrogen-bond acceptors (Lipinski definition) is 2. The molecule has 0 atom stereocenters. The lowest BCUT2D eigenvalue weighted by Gasteiger charge is -2.20. The summed E-state index contributed by atoms with van der Waals surface area (Å²) in [5.74, 6) is 0. The molecule has 2 aromatic rings. The molecule has 0 aliphatic heterocycles. The van der Waals surface area contributed by atoms with E-state index in [2.05, 4.69) is 22.3 Å². The molecule has 0 aliphatic carbocycles. The van der Waals surface area contributed by atoms with Crippen LogP contribution in [0.1, 0.15) is 0 Å². The summed E-state index contributed by atoms with van der Waals surface area (Å²) in [5.41, 5.74) is 3.21. The van der Waals surface area contributed by atoms with E-state index in [0.29, 0.717) is 0 Å². The smallest absolute Gasteiger partial charge is 0.0642 e. The standard InChI is InChI=1S/C14H15ClN2/c1-16-11-7-9-12(10-8-11)17(2)14-6-4-3-5-13(14)15/h3-10,16H,1-2H3. The van der Waals surface area contributed by atoms with Crippen molar-refractivity contribution in [1.29, 1.82) is 0 Å². The molecule has 0 spiro atoms. The Hall–Kier alpha value is -1.67. The van der Waals surface area contributed by atoms with Gasteiger partial charge >= 0.3 is 0 Å². The van der Waals surface area contributed by atoms with E-state index in [4.69, 9.17) is 11.6 Å². The minimum atomic E-state index is 0.757. The van der Waals surface area contributed by atoms with Gasteiger partial charge in [0.1, 0.15) is 0 Å². The molecule has 17 heavy (non-hydrogen) atoms. The van der Waals surface area contributed by atoms with Gasteiger partial charge in [-0.25, -0.2) is 0 Å². The molecular formula is C14H15ClN2. The largest absolute Gasteiger partial charge is 0.388 e. The number of rotatable bonds is 3. The molecule has 0 heterocycles. The van der Waals surface area contributed by atoms with Crippen molar-refractivity contribution in [2.24, 2.45) is 0 Å². The predicted octanol–water partition coefficient (Wildman–Crippen LogP) is 4.15. The van der Waals surface area contributed by atoms with Gasteiger partial charge in [0.2, 0.25) is 0 Å². The van der Waals surface area contributed by atoms with Gasteiger partial charge in [-0.3, -0.25) is 0 Å². The van der Waals surface area contributed by atoms with Crippen molar-refractivity contribution in [3.8, 4) is 0 Å². The number of nitrogens with zero attached hydrogens (tertiary/aromatic N) is 1. The van der Waals surface area contributed by atoms with Crippen molar-refractivity contribution >= 4 is 28.7 Å². The van der Waals surface area contributed by atoms with E-state index in [-0.39, 0.29) is 0 Å². The Morgan fingerprint density at radius 1 is 1.00 bits per heavy atom. The molecule has 2 nitrogen and oxygen atoms in total. The van der Waals surface area contributed by atoms with E-state index in [9.17, 15) is 0 Å². The van der Waals surface area contributed by atoms with Gasteiger partial charge in [-0.2, -0.15) is 0 Å². The fourth-order valence-electron chi connectivity index (χ4n) is 1.71. The van der Waals surface area contributed by atoms with Crippen LogP contribution in [0.5, 0.6) is 0 Å². The maximum Gasteiger partial charge on any atom is 0.0642 e. The van der Waals surface area contributed by atoms with E-state index < -0.39 is 0 Å². The van der Waals surface area contributed by atoms with Crippen LogP contribution < -0.4 is 10.2 Å². The molecule has 88 valence electrons. The van der Waals surface area contributed by atoms with E-state index >= 15 is 0 Å². The van der Waals surface area contributed by atoms with Crippen LogP contribution in [0, 0.1) is 0 Å². The summed E-state index contributed by atoms with van der Waals surface area (Å²) < 4.78 is 0. The highest BCUT2D eigenvalue weighted by molar-refractivity contribution is 6.33. The molecule has 0 fully saturated rings. The van der Waals surface area contributed by atoms with Gasteiger partial charge in [0.15, 0.2) is 0 Å². The molecular weight excluding hydrogens is 232 g/mol. The van der Waals surface area contributed by atoms with Gasteiger partial charge in [0.25, 0.3) is 0 Å². The minimum absolute atomic E-state index is 0.757. The summed E-state index contributed by atoms with van der Waals surface area (Å²) in [6, 6.07) is 16.0. The monoisotopic (exact) mass is 246 g/mol. The molecule has 0 aromatic heterocycles.